The minimum Gasteiger partial charge on any atom is -0.349 e. The molecule has 4 rings (SSSR count). The summed E-state index contributed by atoms with van der Waals surface area (Å²) in [6.45, 7) is 0. The normalized spacial score (nSPS) is 13.8. The van der Waals surface area contributed by atoms with Crippen LogP contribution in [0.15, 0.2) is 53.6 Å². The van der Waals surface area contributed by atoms with E-state index in [0.29, 0.717) is 21.5 Å². The molecule has 5 nitrogen and oxygen atoms in total. The molecule has 10 heteroatoms. The van der Waals surface area contributed by atoms with Gasteiger partial charge in [0.05, 0.1) is 38.1 Å². The molecule has 1 aliphatic rings. The number of nitrogens with zero attached hydrogens (tertiary/aromatic N) is 1. The number of benzene rings is 2. The molecule has 2 aromatic carbocycles. The number of aromatic nitrogens is 1. The lowest BCUT2D eigenvalue weighted by Crippen LogP contribution is -2.25. The molecule has 0 atom stereocenters. The predicted octanol–water partition coefficient (Wildman–Crippen LogP) is 5.53. The quantitative estimate of drug-likeness (QED) is 0.456. The summed E-state index contributed by atoms with van der Waals surface area (Å²) >= 11 is 7.01. The van der Waals surface area contributed by atoms with Crippen molar-refractivity contribution in [1.82, 2.24) is 10.3 Å². The molecule has 0 aliphatic heterocycles. The number of carbonyl (C=O) groups is 2. The van der Waals surface area contributed by atoms with Gasteiger partial charge in [0.15, 0.2) is 0 Å². The first kappa shape index (κ1) is 22.4. The van der Waals surface area contributed by atoms with E-state index in [1.54, 1.807) is 24.3 Å². The Morgan fingerprint density at radius 1 is 1.12 bits per heavy atom. The maximum atomic E-state index is 12.9. The minimum atomic E-state index is -4.55. The van der Waals surface area contributed by atoms with Crippen LogP contribution in [0.25, 0.3) is 10.9 Å². The van der Waals surface area contributed by atoms with Gasteiger partial charge >= 0.3 is 6.18 Å². The fourth-order valence-electron chi connectivity index (χ4n) is 3.03. The highest BCUT2D eigenvalue weighted by molar-refractivity contribution is 7.99. The van der Waals surface area contributed by atoms with Gasteiger partial charge in [-0.25, -0.2) is 4.98 Å². The van der Waals surface area contributed by atoms with E-state index in [-0.39, 0.29) is 28.4 Å². The maximum Gasteiger partial charge on any atom is 0.416 e. The van der Waals surface area contributed by atoms with Crippen molar-refractivity contribution in [2.75, 3.05) is 11.1 Å². The van der Waals surface area contributed by atoms with Crippen LogP contribution in [0.2, 0.25) is 5.02 Å². The molecule has 1 saturated carbocycles. The molecule has 2 N–H and O–H groups in total. The van der Waals surface area contributed by atoms with E-state index in [1.165, 1.54) is 0 Å². The van der Waals surface area contributed by atoms with Crippen LogP contribution in [0.5, 0.6) is 0 Å². The topological polar surface area (TPSA) is 71.1 Å². The molecule has 0 unspecified atom stereocenters. The van der Waals surface area contributed by atoms with Crippen molar-refractivity contribution in [3.8, 4) is 0 Å². The summed E-state index contributed by atoms with van der Waals surface area (Å²) in [6.07, 6.45) is -2.64. The van der Waals surface area contributed by atoms with E-state index >= 15 is 0 Å². The van der Waals surface area contributed by atoms with Crippen molar-refractivity contribution in [3.05, 3.63) is 64.7 Å². The Balaban J connectivity index is 1.49. The molecular formula is C22H17ClF3N3O2S. The van der Waals surface area contributed by atoms with Crippen molar-refractivity contribution in [2.45, 2.75) is 30.1 Å². The summed E-state index contributed by atoms with van der Waals surface area (Å²) in [4.78, 5) is 29.5. The standard InChI is InChI=1S/C22H17ClF3N3O2S/c23-16-8-5-12(22(24,25)26)9-18(16)28-19(30)11-32-20-10-15(21(31)27-13-6-7-13)14-3-1-2-4-17(14)29-20/h1-5,8-10,13H,6-7,11H2,(H,27,31)(H,28,30). The zero-order chi connectivity index (χ0) is 22.9. The lowest BCUT2D eigenvalue weighted by atomic mass is 10.1. The monoisotopic (exact) mass is 479 g/mol. The number of halogens is 4. The number of anilines is 1. The number of carbonyl (C=O) groups excluding carboxylic acids is 2. The Bertz CT molecular complexity index is 1200. The van der Waals surface area contributed by atoms with Gasteiger partial charge in [0, 0.05) is 11.4 Å². The highest BCUT2D eigenvalue weighted by Gasteiger charge is 2.31. The predicted molar refractivity (Wildman–Crippen MR) is 118 cm³/mol. The SMILES string of the molecule is O=C(CSc1cc(C(=O)NC2CC2)c2ccccc2n1)Nc1cc(C(F)(F)F)ccc1Cl. The van der Waals surface area contributed by atoms with Crippen LogP contribution in [0.3, 0.4) is 0 Å². The molecule has 2 amide bonds. The smallest absolute Gasteiger partial charge is 0.349 e. The Morgan fingerprint density at radius 3 is 2.59 bits per heavy atom. The molecule has 0 spiro atoms. The molecule has 1 aliphatic carbocycles. The molecule has 32 heavy (non-hydrogen) atoms. The number of para-hydroxylation sites is 1. The van der Waals surface area contributed by atoms with Crippen LogP contribution in [0.4, 0.5) is 18.9 Å². The molecule has 166 valence electrons. The van der Waals surface area contributed by atoms with E-state index in [1.807, 2.05) is 6.07 Å². The molecule has 1 heterocycles. The van der Waals surface area contributed by atoms with Crippen LogP contribution in [-0.2, 0) is 11.0 Å². The maximum absolute atomic E-state index is 12.9. The second-order valence-corrected chi connectivity index (χ2v) is 8.71. The van der Waals surface area contributed by atoms with Crippen LogP contribution in [0, 0.1) is 0 Å². The number of amides is 2. The summed E-state index contributed by atoms with van der Waals surface area (Å²) in [6, 6.07) is 11.7. The number of alkyl halides is 3. The zero-order valence-corrected chi connectivity index (χ0v) is 18.1. The van der Waals surface area contributed by atoms with Gasteiger partial charge in [-0.3, -0.25) is 9.59 Å². The van der Waals surface area contributed by atoms with Gasteiger partial charge in [-0.15, -0.1) is 0 Å². The van der Waals surface area contributed by atoms with Crippen molar-refractivity contribution < 1.29 is 22.8 Å². The van der Waals surface area contributed by atoms with Crippen molar-refractivity contribution in [2.24, 2.45) is 0 Å². The van der Waals surface area contributed by atoms with Crippen LogP contribution >= 0.6 is 23.4 Å². The van der Waals surface area contributed by atoms with Crippen molar-refractivity contribution >= 4 is 51.8 Å². The van der Waals surface area contributed by atoms with Crippen molar-refractivity contribution in [1.29, 1.82) is 0 Å². The Hall–Kier alpha value is -2.78. The number of hydrogen-bond acceptors (Lipinski definition) is 4. The summed E-state index contributed by atoms with van der Waals surface area (Å²) in [5.74, 6) is -0.870. The summed E-state index contributed by atoms with van der Waals surface area (Å²) < 4.78 is 38.8. The number of hydrogen-bond donors (Lipinski definition) is 2. The third-order valence-electron chi connectivity index (χ3n) is 4.77. The first-order chi connectivity index (χ1) is 15.2. The second kappa shape index (κ2) is 8.99. The van der Waals surface area contributed by atoms with Crippen LogP contribution in [-0.4, -0.2) is 28.6 Å². The largest absolute Gasteiger partial charge is 0.416 e. The lowest BCUT2D eigenvalue weighted by Gasteiger charge is -2.12. The first-order valence-electron chi connectivity index (χ1n) is 9.71. The Kier molecular flexibility index (Phi) is 6.30. The van der Waals surface area contributed by atoms with Gasteiger partial charge in [-0.1, -0.05) is 41.6 Å². The molecule has 0 radical (unpaired) electrons. The van der Waals surface area contributed by atoms with Gasteiger partial charge in [0.2, 0.25) is 5.91 Å². The summed E-state index contributed by atoms with van der Waals surface area (Å²) in [5.41, 5.74) is 0.0431. The lowest BCUT2D eigenvalue weighted by molar-refractivity contribution is -0.137. The Labute approximate surface area is 190 Å². The second-order valence-electron chi connectivity index (χ2n) is 7.30. The van der Waals surface area contributed by atoms with E-state index in [9.17, 15) is 22.8 Å². The van der Waals surface area contributed by atoms with Gasteiger partial charge in [-0.05, 0) is 43.2 Å². The van der Waals surface area contributed by atoms with Gasteiger partial charge in [-0.2, -0.15) is 13.2 Å². The van der Waals surface area contributed by atoms with Gasteiger partial charge in [0.25, 0.3) is 5.91 Å². The van der Waals surface area contributed by atoms with Gasteiger partial charge < -0.3 is 10.6 Å². The molecule has 3 aromatic rings. The minimum absolute atomic E-state index is 0.000728. The fourth-order valence-corrected chi connectivity index (χ4v) is 3.91. The number of thioether (sulfide) groups is 1. The number of nitrogens with one attached hydrogen (secondary N) is 2. The average molecular weight is 480 g/mol. The highest BCUT2D eigenvalue weighted by atomic mass is 35.5. The number of pyridine rings is 1. The number of rotatable bonds is 6. The first-order valence-corrected chi connectivity index (χ1v) is 11.1. The Morgan fingerprint density at radius 2 is 1.88 bits per heavy atom. The molecule has 0 bridgehead atoms. The molecule has 0 saturated heterocycles. The average Bonchev–Trinajstić information content (AvgIpc) is 3.56. The van der Waals surface area contributed by atoms with Crippen LogP contribution < -0.4 is 10.6 Å². The van der Waals surface area contributed by atoms with E-state index < -0.39 is 17.6 Å². The third-order valence-corrected chi connectivity index (χ3v) is 6.01. The zero-order valence-electron chi connectivity index (χ0n) is 16.5. The molecule has 1 fully saturated rings. The van der Waals surface area contributed by atoms with E-state index in [4.69, 9.17) is 11.6 Å². The molecular weight excluding hydrogens is 463 g/mol. The van der Waals surface area contributed by atoms with E-state index in [2.05, 4.69) is 15.6 Å². The highest BCUT2D eigenvalue weighted by Crippen LogP contribution is 2.34. The number of fused-ring (bicyclic) bond motifs is 1. The summed E-state index contributed by atoms with van der Waals surface area (Å²) in [7, 11) is 0. The van der Waals surface area contributed by atoms with Gasteiger partial charge in [0.1, 0.15) is 0 Å². The fraction of sp³-hybridized carbons (Fsp3) is 0.227. The molecule has 1 aromatic heterocycles. The van der Waals surface area contributed by atoms with Crippen molar-refractivity contribution in [3.63, 3.8) is 0 Å². The van der Waals surface area contributed by atoms with E-state index in [0.717, 1.165) is 42.8 Å². The third kappa shape index (κ3) is 5.34. The van der Waals surface area contributed by atoms with Crippen LogP contribution in [0.1, 0.15) is 28.8 Å². The summed E-state index contributed by atoms with van der Waals surface area (Å²) in [5, 5.41) is 6.51.